The van der Waals surface area contributed by atoms with Gasteiger partial charge in [-0.05, 0) is 38.3 Å². The first-order chi connectivity index (χ1) is 10.2. The van der Waals surface area contributed by atoms with Crippen molar-refractivity contribution in [3.8, 4) is 0 Å². The average Bonchev–Trinajstić information content (AvgIpc) is 2.72. The van der Waals surface area contributed by atoms with Gasteiger partial charge < -0.3 is 14.7 Å². The SMILES string of the molecule is CN1C2CCC1CC(OC(=O)C(CO)c1ccccc1)C2.I. The van der Waals surface area contributed by atoms with Crippen LogP contribution in [0.1, 0.15) is 37.2 Å². The summed E-state index contributed by atoms with van der Waals surface area (Å²) in [6.45, 7) is -0.206. The summed E-state index contributed by atoms with van der Waals surface area (Å²) in [6, 6.07) is 10.5. The third-order valence-corrected chi connectivity index (χ3v) is 5.01. The van der Waals surface area contributed by atoms with Crippen LogP contribution in [0.4, 0.5) is 0 Å². The van der Waals surface area contributed by atoms with Crippen molar-refractivity contribution < 1.29 is 14.6 Å². The van der Waals surface area contributed by atoms with Gasteiger partial charge in [-0.15, -0.1) is 24.0 Å². The van der Waals surface area contributed by atoms with Crippen LogP contribution < -0.4 is 0 Å². The lowest BCUT2D eigenvalue weighted by molar-refractivity contribution is -0.155. The standard InChI is InChI=1S/C17H23NO3.HI/c1-18-13-7-8-14(18)10-15(9-13)21-17(20)16(11-19)12-5-3-2-4-6-12;/h2-6,13-16,19H,7-11H2,1H3;1H. The first kappa shape index (κ1) is 17.7. The molecule has 1 aromatic rings. The van der Waals surface area contributed by atoms with Gasteiger partial charge in [-0.1, -0.05) is 30.3 Å². The Labute approximate surface area is 148 Å². The van der Waals surface area contributed by atoms with Gasteiger partial charge in [-0.3, -0.25) is 4.79 Å². The molecule has 22 heavy (non-hydrogen) atoms. The van der Waals surface area contributed by atoms with Gasteiger partial charge in [-0.2, -0.15) is 0 Å². The zero-order valence-corrected chi connectivity index (χ0v) is 15.2. The van der Waals surface area contributed by atoms with Gasteiger partial charge in [0.15, 0.2) is 0 Å². The molecule has 3 unspecified atom stereocenters. The molecule has 5 heteroatoms. The Bertz CT molecular complexity index is 482. The largest absolute Gasteiger partial charge is 0.462 e. The highest BCUT2D eigenvalue weighted by molar-refractivity contribution is 14.0. The van der Waals surface area contributed by atoms with Crippen molar-refractivity contribution in [2.75, 3.05) is 13.7 Å². The summed E-state index contributed by atoms with van der Waals surface area (Å²) in [6.07, 6.45) is 4.26. The number of benzene rings is 1. The lowest BCUT2D eigenvalue weighted by atomic mass is 9.98. The Hall–Kier alpha value is -0.660. The van der Waals surface area contributed by atoms with E-state index in [1.54, 1.807) is 0 Å². The zero-order chi connectivity index (χ0) is 14.8. The van der Waals surface area contributed by atoms with Crippen LogP contribution in [-0.2, 0) is 9.53 Å². The summed E-state index contributed by atoms with van der Waals surface area (Å²) >= 11 is 0. The van der Waals surface area contributed by atoms with Gasteiger partial charge in [0.1, 0.15) is 12.0 Å². The second-order valence-corrected chi connectivity index (χ2v) is 6.23. The predicted molar refractivity (Wildman–Crippen MR) is 95.4 cm³/mol. The van der Waals surface area contributed by atoms with Crippen LogP contribution in [-0.4, -0.2) is 47.8 Å². The predicted octanol–water partition coefficient (Wildman–Crippen LogP) is 2.55. The van der Waals surface area contributed by atoms with Crippen molar-refractivity contribution in [2.45, 2.75) is 49.8 Å². The number of rotatable bonds is 4. The number of hydrogen-bond acceptors (Lipinski definition) is 4. The van der Waals surface area contributed by atoms with E-state index >= 15 is 0 Å². The third-order valence-electron chi connectivity index (χ3n) is 5.01. The van der Waals surface area contributed by atoms with Gasteiger partial charge in [0, 0.05) is 12.1 Å². The van der Waals surface area contributed by atoms with Crippen LogP contribution in [0.15, 0.2) is 30.3 Å². The maximum atomic E-state index is 12.4. The molecule has 2 aliphatic rings. The molecule has 0 amide bonds. The Morgan fingerprint density at radius 2 is 1.86 bits per heavy atom. The molecule has 3 rings (SSSR count). The fourth-order valence-electron chi connectivity index (χ4n) is 3.71. The summed E-state index contributed by atoms with van der Waals surface area (Å²) < 4.78 is 5.70. The van der Waals surface area contributed by atoms with Crippen molar-refractivity contribution in [3.63, 3.8) is 0 Å². The molecule has 0 spiro atoms. The number of carbonyl (C=O) groups is 1. The summed E-state index contributed by atoms with van der Waals surface area (Å²) in [5.74, 6) is -0.860. The van der Waals surface area contributed by atoms with Gasteiger partial charge in [0.25, 0.3) is 0 Å². The molecule has 2 bridgehead atoms. The van der Waals surface area contributed by atoms with Crippen LogP contribution in [0.2, 0.25) is 0 Å². The topological polar surface area (TPSA) is 49.8 Å². The van der Waals surface area contributed by atoms with E-state index in [4.69, 9.17) is 4.74 Å². The highest BCUT2D eigenvalue weighted by atomic mass is 127. The summed E-state index contributed by atoms with van der Waals surface area (Å²) in [5, 5.41) is 9.53. The van der Waals surface area contributed by atoms with E-state index in [0.29, 0.717) is 12.1 Å². The van der Waals surface area contributed by atoms with E-state index in [0.717, 1.165) is 18.4 Å². The maximum absolute atomic E-state index is 12.4. The van der Waals surface area contributed by atoms with E-state index in [1.165, 1.54) is 12.8 Å². The van der Waals surface area contributed by atoms with Crippen molar-refractivity contribution in [1.29, 1.82) is 0 Å². The second kappa shape index (κ2) is 7.75. The van der Waals surface area contributed by atoms with E-state index in [-0.39, 0.29) is 42.7 Å². The van der Waals surface area contributed by atoms with Crippen molar-refractivity contribution in [1.82, 2.24) is 4.90 Å². The van der Waals surface area contributed by atoms with Crippen molar-refractivity contribution in [3.05, 3.63) is 35.9 Å². The van der Waals surface area contributed by atoms with Crippen LogP contribution in [0, 0.1) is 0 Å². The Morgan fingerprint density at radius 1 is 1.27 bits per heavy atom. The van der Waals surface area contributed by atoms with E-state index in [9.17, 15) is 9.90 Å². The molecule has 3 atom stereocenters. The van der Waals surface area contributed by atoms with E-state index in [2.05, 4.69) is 11.9 Å². The molecule has 2 saturated heterocycles. The van der Waals surface area contributed by atoms with Crippen molar-refractivity contribution in [2.24, 2.45) is 0 Å². The molecule has 2 heterocycles. The molecule has 122 valence electrons. The number of nitrogens with zero attached hydrogens (tertiary/aromatic N) is 1. The lowest BCUT2D eigenvalue weighted by Gasteiger charge is -2.36. The first-order valence-electron chi connectivity index (χ1n) is 7.77. The first-order valence-corrected chi connectivity index (χ1v) is 7.77. The second-order valence-electron chi connectivity index (χ2n) is 6.23. The normalized spacial score (nSPS) is 28.7. The smallest absolute Gasteiger partial charge is 0.316 e. The molecule has 0 radical (unpaired) electrons. The molecule has 0 aliphatic carbocycles. The molecule has 2 fully saturated rings. The van der Waals surface area contributed by atoms with Crippen LogP contribution in [0.25, 0.3) is 0 Å². The molecule has 0 saturated carbocycles. The lowest BCUT2D eigenvalue weighted by Crippen LogP contribution is -2.43. The monoisotopic (exact) mass is 417 g/mol. The number of aliphatic hydroxyl groups excluding tert-OH is 1. The number of fused-ring (bicyclic) bond motifs is 2. The quantitative estimate of drug-likeness (QED) is 0.605. The molecule has 1 aromatic carbocycles. The molecular formula is C17H24INO3. The number of aliphatic hydroxyl groups is 1. The van der Waals surface area contributed by atoms with Crippen LogP contribution in [0.5, 0.6) is 0 Å². The Balaban J connectivity index is 0.00000176. The van der Waals surface area contributed by atoms with Gasteiger partial charge >= 0.3 is 5.97 Å². The Kier molecular flexibility index (Phi) is 6.23. The number of esters is 1. The van der Waals surface area contributed by atoms with Crippen LogP contribution in [0.3, 0.4) is 0 Å². The molecule has 2 aliphatic heterocycles. The summed E-state index contributed by atoms with van der Waals surface area (Å²) in [4.78, 5) is 14.8. The van der Waals surface area contributed by atoms with E-state index < -0.39 is 5.92 Å². The third kappa shape index (κ3) is 3.63. The highest BCUT2D eigenvalue weighted by Gasteiger charge is 2.40. The zero-order valence-electron chi connectivity index (χ0n) is 12.9. The highest BCUT2D eigenvalue weighted by Crippen LogP contribution is 2.36. The number of piperidine rings is 1. The van der Waals surface area contributed by atoms with Gasteiger partial charge in [-0.25, -0.2) is 0 Å². The number of hydrogen-bond donors (Lipinski definition) is 1. The van der Waals surface area contributed by atoms with E-state index in [1.807, 2.05) is 30.3 Å². The van der Waals surface area contributed by atoms with Crippen LogP contribution >= 0.6 is 24.0 Å². The minimum Gasteiger partial charge on any atom is -0.462 e. The number of carbonyl (C=O) groups excluding carboxylic acids is 1. The van der Waals surface area contributed by atoms with Gasteiger partial charge in [0.05, 0.1) is 6.61 Å². The Morgan fingerprint density at radius 3 is 2.41 bits per heavy atom. The fourth-order valence-corrected chi connectivity index (χ4v) is 3.71. The number of halogens is 1. The number of ether oxygens (including phenoxy) is 1. The maximum Gasteiger partial charge on any atom is 0.316 e. The molecule has 0 aromatic heterocycles. The summed E-state index contributed by atoms with van der Waals surface area (Å²) in [5.41, 5.74) is 0.820. The minimum atomic E-state index is -0.566. The van der Waals surface area contributed by atoms with Crippen molar-refractivity contribution >= 4 is 29.9 Å². The summed E-state index contributed by atoms with van der Waals surface area (Å²) in [7, 11) is 2.17. The minimum absolute atomic E-state index is 0. The fraction of sp³-hybridized carbons (Fsp3) is 0.588. The average molecular weight is 417 g/mol. The molecular weight excluding hydrogens is 393 g/mol. The van der Waals surface area contributed by atoms with Gasteiger partial charge in [0.2, 0.25) is 0 Å². The molecule has 4 nitrogen and oxygen atoms in total. The molecule has 1 N–H and O–H groups in total.